The molecule has 1 aliphatic carbocycles. The van der Waals surface area contributed by atoms with Crippen LogP contribution in [-0.4, -0.2) is 9.78 Å². The number of hydrogen-bond acceptors (Lipinski definition) is 1. The summed E-state index contributed by atoms with van der Waals surface area (Å²) in [5.74, 6) is 0. The van der Waals surface area contributed by atoms with Crippen LogP contribution in [0.3, 0.4) is 0 Å². The van der Waals surface area contributed by atoms with E-state index in [1.807, 2.05) is 72.4 Å². The van der Waals surface area contributed by atoms with Gasteiger partial charge < -0.3 is 0 Å². The highest BCUT2D eigenvalue weighted by Crippen LogP contribution is 2.19. The van der Waals surface area contributed by atoms with Crippen LogP contribution in [0.2, 0.25) is 0 Å². The minimum Gasteiger partial charge on any atom is -0.241 e. The van der Waals surface area contributed by atoms with E-state index in [-0.39, 0.29) is 0 Å². The Morgan fingerprint density at radius 1 is 0.500 bits per heavy atom. The Bertz CT molecular complexity index is 1480. The largest absolute Gasteiger partial charge is 0.241 e. The predicted molar refractivity (Wildman–Crippen MR) is 178 cm³/mol. The first-order chi connectivity index (χ1) is 20.7. The molecule has 1 aliphatic rings. The van der Waals surface area contributed by atoms with Crippen molar-refractivity contribution in [1.29, 1.82) is 0 Å². The van der Waals surface area contributed by atoms with Gasteiger partial charge in [-0.15, -0.1) is 0 Å². The Labute approximate surface area is 252 Å². The molecule has 1 aromatic heterocycles. The van der Waals surface area contributed by atoms with Crippen molar-refractivity contribution in [1.82, 2.24) is 9.78 Å². The van der Waals surface area contributed by atoms with E-state index in [2.05, 4.69) is 109 Å². The molecule has 42 heavy (non-hydrogen) atoms. The van der Waals surface area contributed by atoms with E-state index >= 15 is 0 Å². The quantitative estimate of drug-likeness (QED) is 0.214. The zero-order chi connectivity index (χ0) is 29.2. The van der Waals surface area contributed by atoms with Crippen molar-refractivity contribution in [2.45, 2.75) is 46.0 Å². The second-order valence-corrected chi connectivity index (χ2v) is 10.5. The number of hydrogen-bond donors (Lipinski definition) is 0. The summed E-state index contributed by atoms with van der Waals surface area (Å²) in [6, 6.07) is 52.2. The first-order valence-corrected chi connectivity index (χ1v) is 14.9. The summed E-state index contributed by atoms with van der Waals surface area (Å²) in [4.78, 5) is 0. The summed E-state index contributed by atoms with van der Waals surface area (Å²) in [6.07, 6.45) is 8.37. The number of para-hydroxylation sites is 1. The van der Waals surface area contributed by atoms with Crippen LogP contribution in [0.15, 0.2) is 158 Å². The average molecular weight is 551 g/mol. The number of rotatable bonds is 3. The van der Waals surface area contributed by atoms with E-state index in [1.165, 1.54) is 42.4 Å². The van der Waals surface area contributed by atoms with Gasteiger partial charge in [0, 0.05) is 6.20 Å². The van der Waals surface area contributed by atoms with Crippen molar-refractivity contribution in [2.24, 2.45) is 0 Å². The number of benzene rings is 5. The van der Waals surface area contributed by atoms with Crippen molar-refractivity contribution in [2.75, 3.05) is 0 Å². The normalized spacial score (nSPS) is 11.3. The first-order valence-electron chi connectivity index (χ1n) is 14.9. The Morgan fingerprint density at radius 2 is 0.929 bits per heavy atom. The Kier molecular flexibility index (Phi) is 12.4. The van der Waals surface area contributed by atoms with Gasteiger partial charge in [0.1, 0.15) is 0 Å². The predicted octanol–water partition coefficient (Wildman–Crippen LogP) is 10.0. The minimum atomic E-state index is 1.03. The van der Waals surface area contributed by atoms with Gasteiger partial charge >= 0.3 is 0 Å². The topological polar surface area (TPSA) is 17.8 Å². The standard InChI is InChI=1S/C13H12.C10H10N2.C10H12.C7H8/c1-3-7-12(8-4-1)11-13-9-5-2-6-10-13;1-9-7-8-12(11-9)10-5-3-2-4-6-10;1-2-6-10-8-4-3-7-9(10)5-1;1-7-5-3-2-4-6-7/h1-10H,11H2;2-8H,1H3;1-2,5-6H,3-4,7-8H2;2-6H,1H3. The lowest BCUT2D eigenvalue weighted by molar-refractivity contribution is 0.685. The third-order valence-corrected chi connectivity index (χ3v) is 7.04. The molecule has 0 amide bonds. The maximum atomic E-state index is 4.30. The molecule has 1 heterocycles. The van der Waals surface area contributed by atoms with Gasteiger partial charge in [0.15, 0.2) is 0 Å². The Morgan fingerprint density at radius 3 is 1.33 bits per heavy atom. The molecule has 6 aromatic rings. The molecule has 0 radical (unpaired) electrons. The summed E-state index contributed by atoms with van der Waals surface area (Å²) < 4.78 is 1.87. The van der Waals surface area contributed by atoms with Crippen molar-refractivity contribution in [3.8, 4) is 5.69 Å². The van der Waals surface area contributed by atoms with Gasteiger partial charge in [-0.25, -0.2) is 4.68 Å². The fraction of sp³-hybridized carbons (Fsp3) is 0.175. The molecule has 0 bridgehead atoms. The number of aryl methyl sites for hydroxylation is 4. The van der Waals surface area contributed by atoms with E-state index < -0.39 is 0 Å². The summed E-state index contributed by atoms with van der Waals surface area (Å²) in [5, 5.41) is 4.30. The van der Waals surface area contributed by atoms with Gasteiger partial charge in [-0.2, -0.15) is 5.10 Å². The van der Waals surface area contributed by atoms with Crippen LogP contribution < -0.4 is 0 Å². The van der Waals surface area contributed by atoms with Gasteiger partial charge in [0.25, 0.3) is 0 Å². The molecule has 0 unspecified atom stereocenters. The summed E-state index contributed by atoms with van der Waals surface area (Å²) in [7, 11) is 0. The van der Waals surface area contributed by atoms with Crippen LogP contribution in [-0.2, 0) is 19.3 Å². The molecule has 212 valence electrons. The van der Waals surface area contributed by atoms with Crippen molar-refractivity contribution < 1.29 is 0 Å². The SMILES string of the molecule is Cc1ccccc1.Cc1ccn(-c2ccccc2)n1.c1ccc(Cc2ccccc2)cc1.c1ccc2c(c1)CCCC2. The Balaban J connectivity index is 0.000000131. The van der Waals surface area contributed by atoms with E-state index in [0.717, 1.165) is 17.8 Å². The highest BCUT2D eigenvalue weighted by atomic mass is 15.3. The molecule has 0 aliphatic heterocycles. The van der Waals surface area contributed by atoms with Crippen molar-refractivity contribution in [3.63, 3.8) is 0 Å². The van der Waals surface area contributed by atoms with Gasteiger partial charge in [-0.05, 0) is 86.4 Å². The second kappa shape index (κ2) is 17.2. The van der Waals surface area contributed by atoms with Crippen molar-refractivity contribution in [3.05, 3.63) is 191 Å². The monoisotopic (exact) mass is 550 g/mol. The maximum Gasteiger partial charge on any atom is 0.0645 e. The summed E-state index contributed by atoms with van der Waals surface area (Å²) in [5.41, 5.74) is 9.36. The van der Waals surface area contributed by atoms with E-state index in [1.54, 1.807) is 11.1 Å². The zero-order valence-corrected chi connectivity index (χ0v) is 24.9. The minimum absolute atomic E-state index is 1.03. The second-order valence-electron chi connectivity index (χ2n) is 10.5. The number of nitrogens with zero attached hydrogens (tertiary/aromatic N) is 2. The molecular weight excluding hydrogens is 508 g/mol. The van der Waals surface area contributed by atoms with E-state index in [4.69, 9.17) is 0 Å². The molecule has 0 N–H and O–H groups in total. The van der Waals surface area contributed by atoms with Gasteiger partial charge in [0.05, 0.1) is 11.4 Å². The molecule has 0 atom stereocenters. The van der Waals surface area contributed by atoms with Crippen LogP contribution in [0, 0.1) is 13.8 Å². The molecule has 0 spiro atoms. The Hall–Kier alpha value is -4.69. The van der Waals surface area contributed by atoms with Crippen LogP contribution in [0.25, 0.3) is 5.69 Å². The highest BCUT2D eigenvalue weighted by molar-refractivity contribution is 5.30. The lowest BCUT2D eigenvalue weighted by Gasteiger charge is -2.13. The summed E-state index contributed by atoms with van der Waals surface area (Å²) >= 11 is 0. The van der Waals surface area contributed by atoms with Crippen molar-refractivity contribution >= 4 is 0 Å². The molecule has 2 heteroatoms. The van der Waals surface area contributed by atoms with Gasteiger partial charge in [0.2, 0.25) is 0 Å². The smallest absolute Gasteiger partial charge is 0.0645 e. The molecule has 2 nitrogen and oxygen atoms in total. The van der Waals surface area contributed by atoms with E-state index in [0.29, 0.717) is 0 Å². The summed E-state index contributed by atoms with van der Waals surface area (Å²) in [6.45, 7) is 4.07. The van der Waals surface area contributed by atoms with Gasteiger partial charge in [-0.1, -0.05) is 139 Å². The number of fused-ring (bicyclic) bond motifs is 1. The number of aromatic nitrogens is 2. The third-order valence-electron chi connectivity index (χ3n) is 7.04. The van der Waals surface area contributed by atoms with Crippen LogP contribution in [0.4, 0.5) is 0 Å². The fourth-order valence-corrected chi connectivity index (χ4v) is 4.78. The maximum absolute atomic E-state index is 4.30. The lowest BCUT2D eigenvalue weighted by atomic mass is 9.92. The molecule has 7 rings (SSSR count). The zero-order valence-electron chi connectivity index (χ0n) is 24.9. The molecule has 0 saturated heterocycles. The van der Waals surface area contributed by atoms with E-state index in [9.17, 15) is 0 Å². The molecule has 0 fully saturated rings. The third kappa shape index (κ3) is 10.7. The van der Waals surface area contributed by atoms with Gasteiger partial charge in [-0.3, -0.25) is 0 Å². The lowest BCUT2D eigenvalue weighted by Crippen LogP contribution is -2.00. The fourth-order valence-electron chi connectivity index (χ4n) is 4.78. The first kappa shape index (κ1) is 30.3. The van der Waals surface area contributed by atoms with Crippen LogP contribution in [0.5, 0.6) is 0 Å². The average Bonchev–Trinajstić information content (AvgIpc) is 3.50. The molecule has 0 saturated carbocycles. The van der Waals surface area contributed by atoms with Crippen LogP contribution in [0.1, 0.15) is 46.4 Å². The molecular formula is C40H42N2. The molecule has 5 aromatic carbocycles. The van der Waals surface area contributed by atoms with Crippen LogP contribution >= 0.6 is 0 Å². The highest BCUT2D eigenvalue weighted by Gasteiger charge is 2.06.